The lowest BCUT2D eigenvalue weighted by molar-refractivity contribution is -0.141. The number of methoxy groups -OCH3 is 1. The van der Waals surface area contributed by atoms with E-state index in [1.807, 2.05) is 30.3 Å². The number of fused-ring (bicyclic) bond motifs is 3. The molecule has 1 saturated heterocycles. The van der Waals surface area contributed by atoms with E-state index in [0.29, 0.717) is 33.2 Å². The highest BCUT2D eigenvalue weighted by Crippen LogP contribution is 2.73. The number of hydrogen-bond donors (Lipinski definition) is 0. The molecule has 1 heterocycles. The number of ether oxygens (including phenoxy) is 2. The second-order valence-corrected chi connectivity index (χ2v) is 10.7. The molecular weight excluding hydrogens is 520 g/mol. The molecule has 2 aromatic carbocycles. The molecule has 0 N–H and O–H groups in total. The van der Waals surface area contributed by atoms with Crippen LogP contribution in [-0.4, -0.2) is 30.1 Å². The maximum atomic E-state index is 13.1. The summed E-state index contributed by atoms with van der Waals surface area (Å²) in [6, 6.07) is 11.0. The summed E-state index contributed by atoms with van der Waals surface area (Å²) in [7, 11) is 1.56. The molecule has 3 fully saturated rings. The molecular formula is C26H22BrClN2O4. The molecule has 2 saturated carbocycles. The first-order chi connectivity index (χ1) is 16.4. The van der Waals surface area contributed by atoms with Gasteiger partial charge in [-0.2, -0.15) is 10.1 Å². The summed E-state index contributed by atoms with van der Waals surface area (Å²) in [5.41, 5.74) is 1.83. The molecule has 2 aromatic rings. The van der Waals surface area contributed by atoms with Crippen LogP contribution in [0.15, 0.2) is 58.1 Å². The van der Waals surface area contributed by atoms with E-state index in [-0.39, 0.29) is 40.9 Å². The van der Waals surface area contributed by atoms with Gasteiger partial charge in [0, 0.05) is 5.02 Å². The normalized spacial score (nSPS) is 27.8. The van der Waals surface area contributed by atoms with Gasteiger partial charge < -0.3 is 9.47 Å². The molecule has 2 bridgehead atoms. The van der Waals surface area contributed by atoms with Crippen LogP contribution in [0.5, 0.6) is 11.5 Å². The lowest BCUT2D eigenvalue weighted by Gasteiger charge is -2.18. The Kier molecular flexibility index (Phi) is 5.12. The van der Waals surface area contributed by atoms with Crippen LogP contribution in [0.2, 0.25) is 5.02 Å². The minimum atomic E-state index is -0.257. The number of benzene rings is 2. The predicted octanol–water partition coefficient (Wildman–Crippen LogP) is 5.22. The zero-order valence-corrected chi connectivity index (χ0v) is 20.8. The van der Waals surface area contributed by atoms with Crippen LogP contribution in [0, 0.1) is 29.1 Å². The summed E-state index contributed by atoms with van der Waals surface area (Å²) >= 11 is 9.49. The van der Waals surface area contributed by atoms with Gasteiger partial charge >= 0.3 is 0 Å². The van der Waals surface area contributed by atoms with Gasteiger partial charge in [-0.05, 0) is 81.4 Å². The van der Waals surface area contributed by atoms with Crippen molar-refractivity contribution >= 4 is 45.6 Å². The van der Waals surface area contributed by atoms with Gasteiger partial charge in [-0.3, -0.25) is 9.59 Å². The van der Waals surface area contributed by atoms with E-state index < -0.39 is 0 Å². The minimum Gasteiger partial charge on any atom is -0.493 e. The van der Waals surface area contributed by atoms with Crippen molar-refractivity contribution in [3.63, 3.8) is 0 Å². The number of allylic oxidation sites excluding steroid dienone is 2. The number of rotatable bonds is 6. The molecule has 2 amide bonds. The van der Waals surface area contributed by atoms with Crippen molar-refractivity contribution in [1.82, 2.24) is 5.01 Å². The molecule has 1 spiro atoms. The molecule has 8 heteroatoms. The number of imide groups is 1. The van der Waals surface area contributed by atoms with Crippen LogP contribution in [0.25, 0.3) is 0 Å². The Morgan fingerprint density at radius 1 is 1.12 bits per heavy atom. The van der Waals surface area contributed by atoms with Gasteiger partial charge in [0.05, 0.1) is 29.6 Å². The van der Waals surface area contributed by atoms with Gasteiger partial charge in [-0.1, -0.05) is 35.9 Å². The highest BCUT2D eigenvalue weighted by Gasteiger charge is 2.73. The van der Waals surface area contributed by atoms with E-state index in [4.69, 9.17) is 21.1 Å². The third-order valence-electron chi connectivity index (χ3n) is 7.70. The van der Waals surface area contributed by atoms with E-state index in [1.165, 1.54) is 6.21 Å². The maximum absolute atomic E-state index is 13.1. The molecule has 174 valence electrons. The lowest BCUT2D eigenvalue weighted by atomic mass is 9.85. The lowest BCUT2D eigenvalue weighted by Crippen LogP contribution is -2.30. The highest BCUT2D eigenvalue weighted by molar-refractivity contribution is 9.10. The fourth-order valence-electron chi connectivity index (χ4n) is 5.99. The van der Waals surface area contributed by atoms with Gasteiger partial charge in [-0.25, -0.2) is 0 Å². The van der Waals surface area contributed by atoms with Crippen molar-refractivity contribution in [3.8, 4) is 11.5 Å². The second-order valence-electron chi connectivity index (χ2n) is 9.40. The van der Waals surface area contributed by atoms with Gasteiger partial charge in [0.25, 0.3) is 11.8 Å². The molecule has 6 nitrogen and oxygen atoms in total. The second kappa shape index (κ2) is 7.95. The van der Waals surface area contributed by atoms with Crippen molar-refractivity contribution < 1.29 is 19.1 Å². The van der Waals surface area contributed by atoms with E-state index in [1.54, 1.807) is 13.2 Å². The van der Waals surface area contributed by atoms with E-state index in [9.17, 15) is 9.59 Å². The van der Waals surface area contributed by atoms with Crippen LogP contribution in [-0.2, 0) is 16.2 Å². The van der Waals surface area contributed by atoms with Crippen LogP contribution < -0.4 is 9.47 Å². The van der Waals surface area contributed by atoms with Gasteiger partial charge in [0.1, 0.15) is 6.61 Å². The summed E-state index contributed by atoms with van der Waals surface area (Å²) in [5, 5.41) is 6.04. The number of nitrogens with zero attached hydrogens (tertiary/aromatic N) is 2. The van der Waals surface area contributed by atoms with Crippen molar-refractivity contribution in [1.29, 1.82) is 0 Å². The minimum absolute atomic E-state index is 0.177. The Morgan fingerprint density at radius 3 is 2.35 bits per heavy atom. The van der Waals surface area contributed by atoms with Crippen LogP contribution in [0.1, 0.15) is 24.0 Å². The van der Waals surface area contributed by atoms with Crippen LogP contribution >= 0.6 is 27.5 Å². The number of hydrazone groups is 1. The quantitative estimate of drug-likeness (QED) is 0.286. The van der Waals surface area contributed by atoms with Crippen LogP contribution in [0.3, 0.4) is 0 Å². The SMILES string of the molecule is COc1cc(/C=N\N2C(=O)[C@H]3[C@H](C2=O)[C@H]2C=C[C@H]3C23CC3)cc(Br)c1OCc1ccc(Cl)cc1. The first-order valence-electron chi connectivity index (χ1n) is 11.3. The fourth-order valence-corrected chi connectivity index (χ4v) is 6.69. The third kappa shape index (κ3) is 3.24. The van der Waals surface area contributed by atoms with Crippen LogP contribution in [0.4, 0.5) is 0 Å². The average molecular weight is 542 g/mol. The molecule has 1 aliphatic heterocycles. The van der Waals surface area contributed by atoms with Crippen molar-refractivity contribution in [2.45, 2.75) is 19.4 Å². The Morgan fingerprint density at radius 2 is 1.76 bits per heavy atom. The fraction of sp³-hybridized carbons (Fsp3) is 0.346. The molecule has 3 aliphatic carbocycles. The summed E-state index contributed by atoms with van der Waals surface area (Å²) < 4.78 is 12.2. The summed E-state index contributed by atoms with van der Waals surface area (Å²) in [6.45, 7) is 0.344. The van der Waals surface area contributed by atoms with Crippen molar-refractivity contribution in [2.24, 2.45) is 34.2 Å². The van der Waals surface area contributed by atoms with Gasteiger partial charge in [0.15, 0.2) is 11.5 Å². The Bertz CT molecular complexity index is 1220. The van der Waals surface area contributed by atoms with E-state index in [2.05, 4.69) is 33.2 Å². The first kappa shape index (κ1) is 21.9. The predicted molar refractivity (Wildman–Crippen MR) is 131 cm³/mol. The zero-order chi connectivity index (χ0) is 23.6. The number of amides is 2. The van der Waals surface area contributed by atoms with E-state index >= 15 is 0 Å². The maximum Gasteiger partial charge on any atom is 0.254 e. The Balaban J connectivity index is 1.20. The molecule has 0 aromatic heterocycles. The largest absolute Gasteiger partial charge is 0.493 e. The van der Waals surface area contributed by atoms with E-state index in [0.717, 1.165) is 23.4 Å². The first-order valence-corrected chi connectivity index (χ1v) is 12.4. The molecule has 0 unspecified atom stereocenters. The monoisotopic (exact) mass is 540 g/mol. The molecule has 34 heavy (non-hydrogen) atoms. The Hall–Kier alpha value is -2.64. The van der Waals surface area contributed by atoms with Gasteiger partial charge in [0.2, 0.25) is 0 Å². The topological polar surface area (TPSA) is 68.2 Å². The smallest absolute Gasteiger partial charge is 0.254 e. The molecule has 4 aliphatic rings. The standard InChI is InChI=1S/C26H22BrClN2O4/c1-33-20-11-15(10-19(27)23(20)34-13-14-2-4-16(28)5-3-14)12-29-30-24(31)21-17-6-7-18(22(21)25(30)32)26(17)8-9-26/h2-7,10-12,17-18,21-22H,8-9,13H2,1H3/b29-12-/t17-,18-,21-,22-/m1/s1. The average Bonchev–Trinajstić information content (AvgIpc) is 3.43. The zero-order valence-electron chi connectivity index (χ0n) is 18.4. The van der Waals surface area contributed by atoms with Crippen molar-refractivity contribution in [2.75, 3.05) is 7.11 Å². The molecule has 4 atom stereocenters. The summed E-state index contributed by atoms with van der Waals surface area (Å²) in [4.78, 5) is 26.2. The number of carbonyl (C=O) groups excluding carboxylic acids is 2. The van der Waals surface area contributed by atoms with Gasteiger partial charge in [-0.15, -0.1) is 0 Å². The number of hydrogen-bond acceptors (Lipinski definition) is 5. The highest BCUT2D eigenvalue weighted by atomic mass is 79.9. The summed E-state index contributed by atoms with van der Waals surface area (Å²) in [5.74, 6) is 0.565. The third-order valence-corrected chi connectivity index (χ3v) is 8.54. The number of halogens is 2. The summed E-state index contributed by atoms with van der Waals surface area (Å²) in [6.07, 6.45) is 8.07. The number of carbonyl (C=O) groups is 2. The Labute approximate surface area is 210 Å². The molecule has 0 radical (unpaired) electrons. The molecule has 6 rings (SSSR count). The van der Waals surface area contributed by atoms with Crippen molar-refractivity contribution in [3.05, 3.63) is 69.2 Å².